The minimum absolute atomic E-state index is 0.383. The van der Waals surface area contributed by atoms with Crippen LogP contribution in [0.15, 0.2) is 12.4 Å². The third-order valence-corrected chi connectivity index (χ3v) is 1.59. The fraction of sp³-hybridized carbons (Fsp3) is 0.571. The molecule has 0 spiro atoms. The predicted octanol–water partition coefficient (Wildman–Crippen LogP) is 0.887. The lowest BCUT2D eigenvalue weighted by Crippen LogP contribution is -2.23. The normalized spacial score (nSPS) is 10.8. The summed E-state index contributed by atoms with van der Waals surface area (Å²) in [5.41, 5.74) is 0.551. The fourth-order valence-corrected chi connectivity index (χ4v) is 0.912. The van der Waals surface area contributed by atoms with Crippen molar-refractivity contribution in [3.8, 4) is 0 Å². The van der Waals surface area contributed by atoms with Crippen molar-refractivity contribution >= 4 is 0 Å². The van der Waals surface area contributed by atoms with Crippen LogP contribution in [-0.4, -0.2) is 9.13 Å². The van der Waals surface area contributed by atoms with Gasteiger partial charge in [-0.2, -0.15) is 0 Å². The molecule has 1 rings (SSSR count). The molecule has 0 saturated carbocycles. The van der Waals surface area contributed by atoms with E-state index in [0.717, 1.165) is 0 Å². The number of imidazole rings is 1. The summed E-state index contributed by atoms with van der Waals surface area (Å²) in [7, 11) is 1.88. The Kier molecular flexibility index (Phi) is 1.66. The second-order valence-corrected chi connectivity index (χ2v) is 2.73. The first-order chi connectivity index (χ1) is 4.63. The molecule has 0 saturated heterocycles. The van der Waals surface area contributed by atoms with Crippen molar-refractivity contribution < 1.29 is 0 Å². The second kappa shape index (κ2) is 2.33. The molecule has 0 aliphatic carbocycles. The van der Waals surface area contributed by atoms with Crippen molar-refractivity contribution in [3.63, 3.8) is 0 Å². The molecule has 10 heavy (non-hydrogen) atoms. The molecule has 0 atom stereocenters. The second-order valence-electron chi connectivity index (χ2n) is 2.73. The molecule has 0 aliphatic heterocycles. The van der Waals surface area contributed by atoms with E-state index in [1.54, 1.807) is 4.57 Å². The summed E-state index contributed by atoms with van der Waals surface area (Å²) in [6.07, 6.45) is 3.81. The quantitative estimate of drug-likeness (QED) is 0.599. The number of hydrogen-bond donors (Lipinski definition) is 1. The topological polar surface area (TPSA) is 33.7 Å². The van der Waals surface area contributed by atoms with Gasteiger partial charge in [0.15, 0.2) is 0 Å². The summed E-state index contributed by atoms with van der Waals surface area (Å²) in [6, 6.07) is 0.383. The summed E-state index contributed by atoms with van der Waals surface area (Å²) in [5.74, 6) is 0. The molecule has 0 unspecified atom stereocenters. The minimum atomic E-state index is 0.383. The SMILES string of the molecule is CC(C)n1ccn(C)c1=N. The molecule has 1 aromatic rings. The first-order valence-corrected chi connectivity index (χ1v) is 3.41. The van der Waals surface area contributed by atoms with Crippen LogP contribution < -0.4 is 5.62 Å². The summed E-state index contributed by atoms with van der Waals surface area (Å²) >= 11 is 0. The van der Waals surface area contributed by atoms with Gasteiger partial charge in [-0.05, 0) is 13.8 Å². The van der Waals surface area contributed by atoms with Crippen molar-refractivity contribution in [3.05, 3.63) is 18.0 Å². The molecule has 1 heterocycles. The maximum Gasteiger partial charge on any atom is 0.201 e. The van der Waals surface area contributed by atoms with Crippen molar-refractivity contribution in [2.45, 2.75) is 19.9 Å². The molecule has 0 radical (unpaired) electrons. The lowest BCUT2D eigenvalue weighted by molar-refractivity contribution is 0.550. The molecule has 0 fully saturated rings. The highest BCUT2D eigenvalue weighted by Crippen LogP contribution is 1.97. The van der Waals surface area contributed by atoms with Gasteiger partial charge in [0, 0.05) is 25.5 Å². The van der Waals surface area contributed by atoms with Crippen molar-refractivity contribution in [1.29, 1.82) is 5.41 Å². The lowest BCUT2D eigenvalue weighted by Gasteiger charge is -2.04. The Morgan fingerprint density at radius 1 is 1.40 bits per heavy atom. The molecule has 1 N–H and O–H groups in total. The Balaban J connectivity index is 3.18. The van der Waals surface area contributed by atoms with E-state index in [1.165, 1.54) is 0 Å². The highest BCUT2D eigenvalue weighted by Gasteiger charge is 1.98. The number of aryl methyl sites for hydroxylation is 1. The predicted molar refractivity (Wildman–Crippen MR) is 39.6 cm³/mol. The Morgan fingerprint density at radius 2 is 2.00 bits per heavy atom. The number of rotatable bonds is 1. The zero-order chi connectivity index (χ0) is 7.72. The van der Waals surface area contributed by atoms with E-state index in [2.05, 4.69) is 13.8 Å². The van der Waals surface area contributed by atoms with E-state index >= 15 is 0 Å². The van der Waals surface area contributed by atoms with Crippen LogP contribution in [0, 0.1) is 5.41 Å². The van der Waals surface area contributed by atoms with Crippen molar-refractivity contribution in [2.75, 3.05) is 0 Å². The van der Waals surface area contributed by atoms with E-state index in [1.807, 2.05) is 24.0 Å². The molecule has 1 aromatic heterocycles. The Labute approximate surface area is 60.4 Å². The average Bonchev–Trinajstić information content (AvgIpc) is 2.14. The molecule has 0 aliphatic rings. The largest absolute Gasteiger partial charge is 0.321 e. The summed E-state index contributed by atoms with van der Waals surface area (Å²) < 4.78 is 3.71. The lowest BCUT2D eigenvalue weighted by atomic mass is 10.4. The summed E-state index contributed by atoms with van der Waals surface area (Å²) in [5, 5.41) is 7.53. The Hall–Kier alpha value is -0.990. The van der Waals surface area contributed by atoms with Gasteiger partial charge in [0.05, 0.1) is 0 Å². The van der Waals surface area contributed by atoms with Gasteiger partial charge in [0.25, 0.3) is 0 Å². The molecule has 0 bridgehead atoms. The highest BCUT2D eigenvalue weighted by atomic mass is 15.2. The van der Waals surface area contributed by atoms with E-state index in [0.29, 0.717) is 11.7 Å². The van der Waals surface area contributed by atoms with Crippen LogP contribution in [0.1, 0.15) is 19.9 Å². The van der Waals surface area contributed by atoms with Gasteiger partial charge < -0.3 is 9.13 Å². The van der Waals surface area contributed by atoms with Crippen LogP contribution in [0.3, 0.4) is 0 Å². The van der Waals surface area contributed by atoms with E-state index < -0.39 is 0 Å². The van der Waals surface area contributed by atoms with Crippen molar-refractivity contribution in [1.82, 2.24) is 9.13 Å². The van der Waals surface area contributed by atoms with E-state index in [-0.39, 0.29) is 0 Å². The highest BCUT2D eigenvalue weighted by molar-refractivity contribution is 4.79. The molecule has 3 heteroatoms. The van der Waals surface area contributed by atoms with Gasteiger partial charge in [-0.15, -0.1) is 0 Å². The van der Waals surface area contributed by atoms with Gasteiger partial charge in [-0.3, -0.25) is 5.41 Å². The number of aromatic nitrogens is 2. The number of hydrogen-bond acceptors (Lipinski definition) is 1. The minimum Gasteiger partial charge on any atom is -0.321 e. The van der Waals surface area contributed by atoms with Crippen LogP contribution in [-0.2, 0) is 7.05 Å². The van der Waals surface area contributed by atoms with Crippen molar-refractivity contribution in [2.24, 2.45) is 7.05 Å². The first kappa shape index (κ1) is 7.12. The van der Waals surface area contributed by atoms with Gasteiger partial charge in [0.1, 0.15) is 0 Å². The number of nitrogens with zero attached hydrogens (tertiary/aromatic N) is 2. The van der Waals surface area contributed by atoms with E-state index in [4.69, 9.17) is 5.41 Å². The van der Waals surface area contributed by atoms with Crippen LogP contribution in [0.5, 0.6) is 0 Å². The van der Waals surface area contributed by atoms with Crippen LogP contribution >= 0.6 is 0 Å². The first-order valence-electron chi connectivity index (χ1n) is 3.41. The molecule has 0 amide bonds. The van der Waals surface area contributed by atoms with Gasteiger partial charge in [-0.1, -0.05) is 0 Å². The Morgan fingerprint density at radius 3 is 2.20 bits per heavy atom. The fourth-order valence-electron chi connectivity index (χ4n) is 0.912. The summed E-state index contributed by atoms with van der Waals surface area (Å²) in [4.78, 5) is 0. The Bertz CT molecular complexity index is 267. The zero-order valence-corrected chi connectivity index (χ0v) is 6.63. The third-order valence-electron chi connectivity index (χ3n) is 1.59. The number of nitrogens with one attached hydrogen (secondary N) is 1. The van der Waals surface area contributed by atoms with Crippen LogP contribution in [0.4, 0.5) is 0 Å². The smallest absolute Gasteiger partial charge is 0.201 e. The molecule has 0 aromatic carbocycles. The molecular weight excluding hydrogens is 126 g/mol. The van der Waals surface area contributed by atoms with Crippen LogP contribution in [0.25, 0.3) is 0 Å². The average molecular weight is 139 g/mol. The maximum atomic E-state index is 7.53. The van der Waals surface area contributed by atoms with Gasteiger partial charge in [0.2, 0.25) is 5.62 Å². The monoisotopic (exact) mass is 139 g/mol. The van der Waals surface area contributed by atoms with Gasteiger partial charge in [-0.25, -0.2) is 0 Å². The third kappa shape index (κ3) is 0.988. The standard InChI is InChI=1S/C7H13N3/c1-6(2)10-5-4-9(3)7(10)8/h4-6,8H,1-3H3. The van der Waals surface area contributed by atoms with E-state index in [9.17, 15) is 0 Å². The van der Waals surface area contributed by atoms with Crippen LogP contribution in [0.2, 0.25) is 0 Å². The molecule has 3 nitrogen and oxygen atoms in total. The zero-order valence-electron chi connectivity index (χ0n) is 6.63. The molecule has 56 valence electrons. The summed E-state index contributed by atoms with van der Waals surface area (Å²) in [6.45, 7) is 4.14. The maximum absolute atomic E-state index is 7.53. The molecular formula is C7H13N3. The van der Waals surface area contributed by atoms with Gasteiger partial charge >= 0.3 is 0 Å².